The van der Waals surface area contributed by atoms with Crippen LogP contribution in [0.15, 0.2) is 23.1 Å². The van der Waals surface area contributed by atoms with E-state index in [0.717, 1.165) is 16.3 Å². The largest absolute Gasteiger partial charge is 0.143 e. The number of halogens is 1. The van der Waals surface area contributed by atoms with Crippen molar-refractivity contribution in [2.45, 2.75) is 18.2 Å². The molecule has 1 aromatic carbocycles. The summed E-state index contributed by atoms with van der Waals surface area (Å²) in [7, 11) is 0. The zero-order valence-electron chi connectivity index (χ0n) is 5.76. The summed E-state index contributed by atoms with van der Waals surface area (Å²) in [6.07, 6.45) is 0.986. The van der Waals surface area contributed by atoms with Crippen LogP contribution in [-0.4, -0.2) is 0 Å². The number of hydrogen-bond acceptors (Lipinski definition) is 1. The molecule has 0 radical (unpaired) electrons. The van der Waals surface area contributed by atoms with Crippen molar-refractivity contribution in [1.82, 2.24) is 0 Å². The average Bonchev–Trinajstić information content (AvgIpc) is 1.94. The molecule has 0 N–H and O–H groups in total. The molecule has 0 nitrogen and oxygen atoms in total. The molecule has 0 saturated heterocycles. The van der Waals surface area contributed by atoms with E-state index in [4.69, 9.17) is 11.6 Å². The molecule has 1 aromatic rings. The van der Waals surface area contributed by atoms with E-state index in [1.807, 2.05) is 18.2 Å². The first-order valence-electron chi connectivity index (χ1n) is 3.21. The van der Waals surface area contributed by atoms with Gasteiger partial charge in [0.2, 0.25) is 0 Å². The summed E-state index contributed by atoms with van der Waals surface area (Å²) in [4.78, 5) is 1.02. The van der Waals surface area contributed by atoms with Crippen molar-refractivity contribution in [2.75, 3.05) is 0 Å². The highest BCUT2D eigenvalue weighted by Gasteiger charge is 1.95. The van der Waals surface area contributed by atoms with Gasteiger partial charge in [0.15, 0.2) is 0 Å². The zero-order chi connectivity index (χ0) is 7.56. The maximum absolute atomic E-state index is 5.76. The summed E-state index contributed by atoms with van der Waals surface area (Å²) in [6, 6.07) is 5.72. The number of thiol groups is 1. The fourth-order valence-electron chi connectivity index (χ4n) is 0.837. The minimum absolute atomic E-state index is 0.787. The molecule has 0 spiro atoms. The first kappa shape index (κ1) is 7.96. The van der Waals surface area contributed by atoms with Crippen molar-refractivity contribution < 1.29 is 0 Å². The van der Waals surface area contributed by atoms with Crippen LogP contribution in [0.2, 0.25) is 5.02 Å². The lowest BCUT2D eigenvalue weighted by molar-refractivity contribution is 1.09. The monoisotopic (exact) mass is 172 g/mol. The van der Waals surface area contributed by atoms with Crippen LogP contribution < -0.4 is 0 Å². The topological polar surface area (TPSA) is 0 Å². The number of hydrogen-bond donors (Lipinski definition) is 1. The van der Waals surface area contributed by atoms with Crippen LogP contribution in [0.5, 0.6) is 0 Å². The summed E-state index contributed by atoms with van der Waals surface area (Å²) in [5.74, 6) is 0. The Morgan fingerprint density at radius 2 is 2.20 bits per heavy atom. The standard InChI is InChI=1S/C8H9ClS/c1-2-6-5-7(9)3-4-8(6)10/h3-5,10H,2H2,1H3. The molecule has 0 aliphatic heterocycles. The molecule has 0 saturated carbocycles. The fourth-order valence-corrected chi connectivity index (χ4v) is 1.33. The Morgan fingerprint density at radius 3 is 2.70 bits per heavy atom. The van der Waals surface area contributed by atoms with E-state index in [-0.39, 0.29) is 0 Å². The van der Waals surface area contributed by atoms with Crippen LogP contribution in [-0.2, 0) is 6.42 Å². The first-order chi connectivity index (χ1) is 4.74. The normalized spacial score (nSPS) is 9.90. The van der Waals surface area contributed by atoms with Gasteiger partial charge in [-0.2, -0.15) is 0 Å². The summed E-state index contributed by atoms with van der Waals surface area (Å²) in [5, 5.41) is 0.787. The van der Waals surface area contributed by atoms with Gasteiger partial charge in [-0.1, -0.05) is 18.5 Å². The minimum atomic E-state index is 0.787. The molecule has 0 fully saturated rings. The average molecular weight is 173 g/mol. The molecule has 0 aromatic heterocycles. The highest BCUT2D eigenvalue weighted by atomic mass is 35.5. The predicted molar refractivity (Wildman–Crippen MR) is 48.1 cm³/mol. The van der Waals surface area contributed by atoms with Crippen molar-refractivity contribution in [3.63, 3.8) is 0 Å². The van der Waals surface area contributed by atoms with Crippen LogP contribution in [0.1, 0.15) is 12.5 Å². The molecule has 10 heavy (non-hydrogen) atoms. The molecule has 54 valence electrons. The molecule has 0 bridgehead atoms. The van der Waals surface area contributed by atoms with Gasteiger partial charge in [0.25, 0.3) is 0 Å². The van der Waals surface area contributed by atoms with Crippen molar-refractivity contribution >= 4 is 24.2 Å². The van der Waals surface area contributed by atoms with E-state index in [1.165, 1.54) is 5.56 Å². The summed E-state index contributed by atoms with van der Waals surface area (Å²) >= 11 is 10.0. The van der Waals surface area contributed by atoms with Gasteiger partial charge < -0.3 is 0 Å². The third-order valence-electron chi connectivity index (χ3n) is 1.42. The van der Waals surface area contributed by atoms with Crippen molar-refractivity contribution in [3.8, 4) is 0 Å². The van der Waals surface area contributed by atoms with Gasteiger partial charge in [-0.25, -0.2) is 0 Å². The number of rotatable bonds is 1. The van der Waals surface area contributed by atoms with Crippen LogP contribution in [0.4, 0.5) is 0 Å². The van der Waals surface area contributed by atoms with Crippen LogP contribution in [0.3, 0.4) is 0 Å². The molecule has 0 amide bonds. The molecule has 0 aliphatic rings. The van der Waals surface area contributed by atoms with Crippen molar-refractivity contribution in [2.24, 2.45) is 0 Å². The molecule has 0 aliphatic carbocycles. The Kier molecular flexibility index (Phi) is 2.64. The second-order valence-electron chi connectivity index (χ2n) is 2.13. The lowest BCUT2D eigenvalue weighted by Gasteiger charge is -2.00. The van der Waals surface area contributed by atoms with Gasteiger partial charge in [-0.05, 0) is 30.2 Å². The van der Waals surface area contributed by atoms with Crippen LogP contribution >= 0.6 is 24.2 Å². The Morgan fingerprint density at radius 1 is 1.50 bits per heavy atom. The minimum Gasteiger partial charge on any atom is -0.143 e. The highest BCUT2D eigenvalue weighted by molar-refractivity contribution is 7.80. The van der Waals surface area contributed by atoms with Gasteiger partial charge in [0, 0.05) is 9.92 Å². The van der Waals surface area contributed by atoms with E-state index in [1.54, 1.807) is 0 Å². The van der Waals surface area contributed by atoms with E-state index >= 15 is 0 Å². The quantitative estimate of drug-likeness (QED) is 0.618. The SMILES string of the molecule is CCc1cc(Cl)ccc1S. The maximum atomic E-state index is 5.76. The molecular weight excluding hydrogens is 164 g/mol. The second-order valence-corrected chi connectivity index (χ2v) is 3.04. The third-order valence-corrected chi connectivity index (χ3v) is 2.09. The summed E-state index contributed by atoms with van der Waals surface area (Å²) in [5.41, 5.74) is 1.20. The Labute approximate surface area is 71.6 Å². The predicted octanol–water partition coefficient (Wildman–Crippen LogP) is 3.19. The van der Waals surface area contributed by atoms with Gasteiger partial charge >= 0.3 is 0 Å². The van der Waals surface area contributed by atoms with Gasteiger partial charge in [-0.3, -0.25) is 0 Å². The van der Waals surface area contributed by atoms with Crippen molar-refractivity contribution in [3.05, 3.63) is 28.8 Å². The lowest BCUT2D eigenvalue weighted by atomic mass is 10.2. The molecule has 1 rings (SSSR count). The second kappa shape index (κ2) is 3.31. The Hall–Kier alpha value is -0.140. The Balaban J connectivity index is 3.09. The van der Waals surface area contributed by atoms with E-state index in [0.29, 0.717) is 0 Å². The Bertz CT molecular complexity index is 233. The van der Waals surface area contributed by atoms with Gasteiger partial charge in [-0.15, -0.1) is 12.6 Å². The van der Waals surface area contributed by atoms with Crippen LogP contribution in [0, 0.1) is 0 Å². The highest BCUT2D eigenvalue weighted by Crippen LogP contribution is 2.18. The van der Waals surface area contributed by atoms with E-state index in [2.05, 4.69) is 19.6 Å². The molecular formula is C8H9ClS. The molecule has 2 heteroatoms. The first-order valence-corrected chi connectivity index (χ1v) is 4.04. The zero-order valence-corrected chi connectivity index (χ0v) is 7.41. The fraction of sp³-hybridized carbons (Fsp3) is 0.250. The summed E-state index contributed by atoms with van der Waals surface area (Å²) < 4.78 is 0. The number of aryl methyl sites for hydroxylation is 1. The smallest absolute Gasteiger partial charge is 0.0409 e. The molecule has 0 atom stereocenters. The molecule has 0 heterocycles. The number of benzene rings is 1. The lowest BCUT2D eigenvalue weighted by Crippen LogP contribution is -1.81. The van der Waals surface area contributed by atoms with E-state index in [9.17, 15) is 0 Å². The third kappa shape index (κ3) is 1.68. The van der Waals surface area contributed by atoms with Gasteiger partial charge in [0.05, 0.1) is 0 Å². The maximum Gasteiger partial charge on any atom is 0.0409 e. The summed E-state index contributed by atoms with van der Waals surface area (Å²) in [6.45, 7) is 2.09. The van der Waals surface area contributed by atoms with Crippen molar-refractivity contribution in [1.29, 1.82) is 0 Å². The van der Waals surface area contributed by atoms with Crippen LogP contribution in [0.25, 0.3) is 0 Å². The van der Waals surface area contributed by atoms with Gasteiger partial charge in [0.1, 0.15) is 0 Å². The van der Waals surface area contributed by atoms with E-state index < -0.39 is 0 Å². The molecule has 0 unspecified atom stereocenters.